The maximum Gasteiger partial charge on any atom is 0.251 e. The lowest BCUT2D eigenvalue weighted by atomic mass is 10.1. The number of hydrogen-bond donors (Lipinski definition) is 1. The van der Waals surface area contributed by atoms with Crippen LogP contribution in [0, 0.1) is 0 Å². The molecular weight excluding hydrogens is 290 g/mol. The van der Waals surface area contributed by atoms with Gasteiger partial charge in [0, 0.05) is 22.6 Å². The second-order valence-corrected chi connectivity index (χ2v) is 7.37. The fourth-order valence-electron chi connectivity index (χ4n) is 2.03. The Morgan fingerprint density at radius 1 is 0.909 bits per heavy atom. The molecular formula is C19H23NOS. The predicted molar refractivity (Wildman–Crippen MR) is 95.1 cm³/mol. The number of hydrogen-bond acceptors (Lipinski definition) is 2. The molecule has 0 radical (unpaired) electrons. The molecule has 0 unspecified atom stereocenters. The fourth-order valence-corrected chi connectivity index (χ4v) is 2.98. The van der Waals surface area contributed by atoms with Crippen LogP contribution in [0.15, 0.2) is 54.6 Å². The number of carbonyl (C=O) groups is 1. The van der Waals surface area contributed by atoms with E-state index in [-0.39, 0.29) is 11.4 Å². The van der Waals surface area contributed by atoms with Crippen molar-refractivity contribution >= 4 is 17.7 Å². The summed E-state index contributed by atoms with van der Waals surface area (Å²) in [6, 6.07) is 18.3. The molecule has 0 spiro atoms. The van der Waals surface area contributed by atoms with Gasteiger partial charge in [-0.2, -0.15) is 11.8 Å². The van der Waals surface area contributed by atoms with Crippen LogP contribution in [0.5, 0.6) is 0 Å². The maximum absolute atomic E-state index is 12.1. The van der Waals surface area contributed by atoms with E-state index in [2.05, 4.69) is 29.6 Å². The van der Waals surface area contributed by atoms with Gasteiger partial charge < -0.3 is 5.32 Å². The maximum atomic E-state index is 12.1. The highest BCUT2D eigenvalue weighted by atomic mass is 32.2. The molecule has 22 heavy (non-hydrogen) atoms. The Morgan fingerprint density at radius 2 is 1.45 bits per heavy atom. The summed E-state index contributed by atoms with van der Waals surface area (Å²) in [7, 11) is 0. The largest absolute Gasteiger partial charge is 0.347 e. The average molecular weight is 313 g/mol. The molecule has 116 valence electrons. The van der Waals surface area contributed by atoms with Crippen molar-refractivity contribution in [1.29, 1.82) is 0 Å². The van der Waals surface area contributed by atoms with Gasteiger partial charge in [0.15, 0.2) is 0 Å². The third-order valence-corrected chi connectivity index (χ3v) is 4.16. The number of thioether (sulfide) groups is 1. The van der Waals surface area contributed by atoms with Gasteiger partial charge in [-0.05, 0) is 44.0 Å². The normalized spacial score (nSPS) is 11.2. The Hall–Kier alpha value is -1.74. The molecule has 2 aromatic carbocycles. The Balaban J connectivity index is 1.85. The third-order valence-electron chi connectivity index (χ3n) is 3.08. The minimum atomic E-state index is -0.207. The molecule has 0 aliphatic heterocycles. The van der Waals surface area contributed by atoms with Crippen LogP contribution in [-0.2, 0) is 11.5 Å². The minimum Gasteiger partial charge on any atom is -0.347 e. The van der Waals surface area contributed by atoms with Gasteiger partial charge in [0.1, 0.15) is 0 Å². The smallest absolute Gasteiger partial charge is 0.251 e. The van der Waals surface area contributed by atoms with Crippen LogP contribution in [0.1, 0.15) is 42.3 Å². The minimum absolute atomic E-state index is 0.0176. The topological polar surface area (TPSA) is 29.1 Å². The number of nitrogens with one attached hydrogen (secondary N) is 1. The molecule has 2 nitrogen and oxygen atoms in total. The summed E-state index contributed by atoms with van der Waals surface area (Å²) in [4.78, 5) is 12.1. The highest BCUT2D eigenvalue weighted by Crippen LogP contribution is 2.18. The van der Waals surface area contributed by atoms with Crippen LogP contribution in [0.4, 0.5) is 0 Å². The highest BCUT2D eigenvalue weighted by molar-refractivity contribution is 7.97. The van der Waals surface area contributed by atoms with Crippen molar-refractivity contribution in [3.8, 4) is 0 Å². The van der Waals surface area contributed by atoms with E-state index in [4.69, 9.17) is 0 Å². The molecule has 0 saturated carbocycles. The van der Waals surface area contributed by atoms with Crippen LogP contribution in [0.3, 0.4) is 0 Å². The second kappa shape index (κ2) is 7.50. The molecule has 1 amide bonds. The van der Waals surface area contributed by atoms with Gasteiger partial charge in [-0.25, -0.2) is 0 Å². The average Bonchev–Trinajstić information content (AvgIpc) is 2.47. The van der Waals surface area contributed by atoms with E-state index in [1.807, 2.05) is 62.9 Å². The lowest BCUT2D eigenvalue weighted by Crippen LogP contribution is -2.40. The van der Waals surface area contributed by atoms with E-state index in [0.29, 0.717) is 5.56 Å². The molecule has 0 atom stereocenters. The molecule has 1 N–H and O–H groups in total. The lowest BCUT2D eigenvalue weighted by molar-refractivity contribution is 0.0919. The predicted octanol–water partition coefficient (Wildman–Crippen LogP) is 4.65. The summed E-state index contributed by atoms with van der Waals surface area (Å²) >= 11 is 1.88. The van der Waals surface area contributed by atoms with Crippen molar-refractivity contribution in [2.24, 2.45) is 0 Å². The molecule has 0 aliphatic carbocycles. The van der Waals surface area contributed by atoms with Crippen LogP contribution >= 0.6 is 11.8 Å². The van der Waals surface area contributed by atoms with E-state index in [0.717, 1.165) is 11.5 Å². The molecule has 2 aromatic rings. The SMILES string of the molecule is CC(C)(C)NC(=O)c1ccc(CSCc2ccccc2)cc1. The second-order valence-electron chi connectivity index (χ2n) is 6.38. The molecule has 0 saturated heterocycles. The summed E-state index contributed by atoms with van der Waals surface area (Å²) in [5, 5.41) is 2.98. The number of benzene rings is 2. The summed E-state index contributed by atoms with van der Waals surface area (Å²) in [5.74, 6) is 1.94. The number of rotatable bonds is 5. The van der Waals surface area contributed by atoms with Crippen LogP contribution in [0.25, 0.3) is 0 Å². The van der Waals surface area contributed by atoms with Gasteiger partial charge in [0.2, 0.25) is 0 Å². The van der Waals surface area contributed by atoms with Crippen molar-refractivity contribution in [3.05, 3.63) is 71.3 Å². The first kappa shape index (κ1) is 16.6. The van der Waals surface area contributed by atoms with Gasteiger partial charge in [0.25, 0.3) is 5.91 Å². The van der Waals surface area contributed by atoms with E-state index in [1.165, 1.54) is 11.1 Å². The van der Waals surface area contributed by atoms with Crippen molar-refractivity contribution < 1.29 is 4.79 Å². The first-order chi connectivity index (χ1) is 10.4. The molecule has 0 aromatic heterocycles. The molecule has 0 fully saturated rings. The van der Waals surface area contributed by atoms with E-state index in [9.17, 15) is 4.79 Å². The van der Waals surface area contributed by atoms with Gasteiger partial charge in [-0.3, -0.25) is 4.79 Å². The Kier molecular flexibility index (Phi) is 5.67. The lowest BCUT2D eigenvalue weighted by Gasteiger charge is -2.20. The molecule has 3 heteroatoms. The fraction of sp³-hybridized carbons (Fsp3) is 0.316. The summed E-state index contributed by atoms with van der Waals surface area (Å²) in [5.41, 5.74) is 3.09. The van der Waals surface area contributed by atoms with E-state index >= 15 is 0 Å². The number of amides is 1. The van der Waals surface area contributed by atoms with Crippen molar-refractivity contribution in [2.75, 3.05) is 0 Å². The molecule has 2 rings (SSSR count). The molecule has 0 bridgehead atoms. The van der Waals surface area contributed by atoms with E-state index < -0.39 is 0 Å². The summed E-state index contributed by atoms with van der Waals surface area (Å²) in [6.45, 7) is 5.96. The molecule has 0 aliphatic rings. The Morgan fingerprint density at radius 3 is 2.00 bits per heavy atom. The first-order valence-electron chi connectivity index (χ1n) is 7.47. The van der Waals surface area contributed by atoms with Crippen molar-refractivity contribution in [3.63, 3.8) is 0 Å². The summed E-state index contributed by atoms with van der Waals surface area (Å²) in [6.07, 6.45) is 0. The van der Waals surface area contributed by atoms with Crippen molar-refractivity contribution in [2.45, 2.75) is 37.8 Å². The van der Waals surface area contributed by atoms with Gasteiger partial charge in [0.05, 0.1) is 0 Å². The summed E-state index contributed by atoms with van der Waals surface area (Å²) < 4.78 is 0. The van der Waals surface area contributed by atoms with Gasteiger partial charge in [-0.1, -0.05) is 42.5 Å². The Labute approximate surface area is 137 Å². The van der Waals surface area contributed by atoms with Gasteiger partial charge in [-0.15, -0.1) is 0 Å². The van der Waals surface area contributed by atoms with Crippen LogP contribution in [-0.4, -0.2) is 11.4 Å². The van der Waals surface area contributed by atoms with Crippen LogP contribution < -0.4 is 5.32 Å². The van der Waals surface area contributed by atoms with Gasteiger partial charge >= 0.3 is 0 Å². The quantitative estimate of drug-likeness (QED) is 0.870. The van der Waals surface area contributed by atoms with E-state index in [1.54, 1.807) is 0 Å². The number of carbonyl (C=O) groups excluding carboxylic acids is 1. The third kappa shape index (κ3) is 5.57. The zero-order valence-corrected chi connectivity index (χ0v) is 14.2. The Bertz CT molecular complexity index is 600. The monoisotopic (exact) mass is 313 g/mol. The van der Waals surface area contributed by atoms with Crippen molar-refractivity contribution in [1.82, 2.24) is 5.32 Å². The first-order valence-corrected chi connectivity index (χ1v) is 8.63. The zero-order chi connectivity index (χ0) is 16.0. The van der Waals surface area contributed by atoms with Crippen LogP contribution in [0.2, 0.25) is 0 Å². The standard InChI is InChI=1S/C19H23NOS/c1-19(2,3)20-18(21)17-11-9-16(10-12-17)14-22-13-15-7-5-4-6-8-15/h4-12H,13-14H2,1-3H3,(H,20,21). The zero-order valence-electron chi connectivity index (χ0n) is 13.4. The molecule has 0 heterocycles. The highest BCUT2D eigenvalue weighted by Gasteiger charge is 2.14.